The zero-order valence-electron chi connectivity index (χ0n) is 11.0. The monoisotopic (exact) mass is 230 g/mol. The first-order chi connectivity index (χ1) is 7.02. The van der Waals surface area contributed by atoms with Gasteiger partial charge in [-0.3, -0.25) is 4.57 Å². The minimum atomic E-state index is 0.233. The van der Waals surface area contributed by atoms with Gasteiger partial charge < -0.3 is 0 Å². The van der Waals surface area contributed by atoms with Gasteiger partial charge >= 0.3 is 0 Å². The summed E-state index contributed by atoms with van der Waals surface area (Å²) < 4.78 is 11.3. The van der Waals surface area contributed by atoms with Crippen LogP contribution in [0.4, 0.5) is 0 Å². The van der Waals surface area contributed by atoms with Crippen LogP contribution in [0.1, 0.15) is 66.7 Å². The Kier molecular flexibility index (Phi) is 7.44. The van der Waals surface area contributed by atoms with Crippen molar-refractivity contribution in [1.82, 2.24) is 0 Å². The second kappa shape index (κ2) is 7.39. The fraction of sp³-hybridized carbons (Fsp3) is 1.00. The summed E-state index contributed by atoms with van der Waals surface area (Å²) in [7, 11) is 0.346. The lowest BCUT2D eigenvalue weighted by molar-refractivity contribution is 0.190. The summed E-state index contributed by atoms with van der Waals surface area (Å²) in [6.45, 7) is 11.2. The molecule has 0 aliphatic carbocycles. The second-order valence-corrected chi connectivity index (χ2v) is 5.97. The Bertz CT molecular complexity index is 179. The van der Waals surface area contributed by atoms with E-state index in [-0.39, 0.29) is 5.41 Å². The highest BCUT2D eigenvalue weighted by Gasteiger charge is 2.35. The van der Waals surface area contributed by atoms with Crippen molar-refractivity contribution in [2.45, 2.75) is 72.4 Å². The first-order valence-electron chi connectivity index (χ1n) is 6.35. The second-order valence-electron chi connectivity index (χ2n) is 5.13. The first-order valence-corrected chi connectivity index (χ1v) is 7.23. The smallest absolute Gasteiger partial charge is 0.159 e. The van der Waals surface area contributed by atoms with E-state index >= 15 is 0 Å². The zero-order valence-corrected chi connectivity index (χ0v) is 11.9. The van der Waals surface area contributed by atoms with Crippen molar-refractivity contribution in [3.8, 4) is 0 Å². The molecule has 90 valence electrons. The van der Waals surface area contributed by atoms with E-state index in [4.69, 9.17) is 0 Å². The van der Waals surface area contributed by atoms with Crippen LogP contribution >= 0.6 is 8.46 Å². The molecule has 0 aromatic rings. The Hall–Kier alpha value is 0.100. The lowest BCUT2D eigenvalue weighted by Gasteiger charge is -2.37. The summed E-state index contributed by atoms with van der Waals surface area (Å²) in [5.74, 6) is 0.607. The van der Waals surface area contributed by atoms with Gasteiger partial charge in [-0.2, -0.15) is 0 Å². The lowest BCUT2D eigenvalue weighted by atomic mass is 9.72. The maximum absolute atomic E-state index is 11.3. The van der Waals surface area contributed by atoms with Gasteiger partial charge in [0.15, 0.2) is 8.46 Å². The SMILES string of the molecule is CCCCCC(P=O)C(C)(CC)C(C)C. The topological polar surface area (TPSA) is 17.1 Å². The highest BCUT2D eigenvalue weighted by atomic mass is 31.1. The van der Waals surface area contributed by atoms with Crippen LogP contribution in [0.2, 0.25) is 0 Å². The molecule has 0 amide bonds. The number of hydrogen-bond acceptors (Lipinski definition) is 1. The minimum absolute atomic E-state index is 0.233. The zero-order chi connectivity index (χ0) is 11.9. The average molecular weight is 230 g/mol. The largest absolute Gasteiger partial charge is 0.275 e. The molecule has 2 atom stereocenters. The van der Waals surface area contributed by atoms with Gasteiger partial charge in [0.05, 0.1) is 0 Å². The van der Waals surface area contributed by atoms with Gasteiger partial charge in [0, 0.05) is 5.66 Å². The van der Waals surface area contributed by atoms with Crippen molar-refractivity contribution in [2.24, 2.45) is 11.3 Å². The van der Waals surface area contributed by atoms with E-state index in [9.17, 15) is 4.57 Å². The van der Waals surface area contributed by atoms with Crippen molar-refractivity contribution in [2.75, 3.05) is 0 Å². The molecule has 0 heterocycles. The molecule has 2 unspecified atom stereocenters. The molecule has 0 spiro atoms. The van der Waals surface area contributed by atoms with Crippen LogP contribution in [-0.4, -0.2) is 5.66 Å². The summed E-state index contributed by atoms with van der Waals surface area (Å²) in [6, 6.07) is 0. The predicted molar refractivity (Wildman–Crippen MR) is 68.8 cm³/mol. The fourth-order valence-corrected chi connectivity index (χ4v) is 3.13. The standard InChI is InChI=1S/C13H27OP/c1-6-8-9-10-12(15-14)13(5,7-2)11(3)4/h11-12H,6-10H2,1-5H3. The molecular formula is C13H27OP. The molecule has 0 fully saturated rings. The predicted octanol–water partition coefficient (Wildman–Crippen LogP) is 5.30. The van der Waals surface area contributed by atoms with Crippen LogP contribution in [-0.2, 0) is 4.57 Å². The van der Waals surface area contributed by atoms with Gasteiger partial charge in [0.1, 0.15) is 0 Å². The van der Waals surface area contributed by atoms with Gasteiger partial charge in [-0.05, 0) is 24.2 Å². The Morgan fingerprint density at radius 2 is 1.80 bits per heavy atom. The molecule has 0 saturated carbocycles. The van der Waals surface area contributed by atoms with Gasteiger partial charge in [0.2, 0.25) is 0 Å². The third-order valence-corrected chi connectivity index (χ3v) is 5.15. The van der Waals surface area contributed by atoms with Crippen LogP contribution in [0.3, 0.4) is 0 Å². The molecule has 0 N–H and O–H groups in total. The van der Waals surface area contributed by atoms with Crippen LogP contribution < -0.4 is 0 Å². The summed E-state index contributed by atoms with van der Waals surface area (Å²) >= 11 is 0. The molecule has 0 bridgehead atoms. The third-order valence-electron chi connectivity index (χ3n) is 4.05. The highest BCUT2D eigenvalue weighted by Crippen LogP contribution is 2.42. The molecule has 0 aliphatic rings. The third kappa shape index (κ3) is 4.23. The van der Waals surface area contributed by atoms with Crippen LogP contribution in [0.5, 0.6) is 0 Å². The molecule has 0 aliphatic heterocycles. The average Bonchev–Trinajstić information content (AvgIpc) is 2.23. The maximum atomic E-state index is 11.3. The van der Waals surface area contributed by atoms with Crippen LogP contribution in [0.15, 0.2) is 0 Å². The Morgan fingerprint density at radius 3 is 2.13 bits per heavy atom. The van der Waals surface area contributed by atoms with E-state index in [1.165, 1.54) is 19.3 Å². The molecule has 15 heavy (non-hydrogen) atoms. The van der Waals surface area contributed by atoms with Crippen molar-refractivity contribution >= 4 is 8.46 Å². The van der Waals surface area contributed by atoms with E-state index < -0.39 is 0 Å². The van der Waals surface area contributed by atoms with E-state index in [0.29, 0.717) is 20.0 Å². The summed E-state index contributed by atoms with van der Waals surface area (Å²) in [6.07, 6.45) is 5.97. The number of unbranched alkanes of at least 4 members (excludes halogenated alkanes) is 2. The Morgan fingerprint density at radius 1 is 1.20 bits per heavy atom. The molecule has 0 aromatic heterocycles. The van der Waals surface area contributed by atoms with E-state index in [2.05, 4.69) is 34.6 Å². The van der Waals surface area contributed by atoms with Gasteiger partial charge in [-0.25, -0.2) is 0 Å². The van der Waals surface area contributed by atoms with Gasteiger partial charge in [0.25, 0.3) is 0 Å². The Balaban J connectivity index is 4.40. The molecular weight excluding hydrogens is 203 g/mol. The fourth-order valence-electron chi connectivity index (χ4n) is 2.12. The maximum Gasteiger partial charge on any atom is 0.159 e. The van der Waals surface area contributed by atoms with Gasteiger partial charge in [-0.1, -0.05) is 53.9 Å². The summed E-state index contributed by atoms with van der Waals surface area (Å²) in [5, 5.41) is 0. The summed E-state index contributed by atoms with van der Waals surface area (Å²) in [5.41, 5.74) is 0.575. The minimum Gasteiger partial charge on any atom is -0.275 e. The molecule has 0 aromatic carbocycles. The van der Waals surface area contributed by atoms with E-state index in [0.717, 1.165) is 12.8 Å². The molecule has 0 rings (SSSR count). The molecule has 0 radical (unpaired) electrons. The quantitative estimate of drug-likeness (QED) is 0.408. The highest BCUT2D eigenvalue weighted by molar-refractivity contribution is 7.24. The Labute approximate surface area is 97.2 Å². The van der Waals surface area contributed by atoms with Crippen LogP contribution in [0.25, 0.3) is 0 Å². The normalized spacial score (nSPS) is 18.0. The van der Waals surface area contributed by atoms with Gasteiger partial charge in [-0.15, -0.1) is 0 Å². The van der Waals surface area contributed by atoms with E-state index in [1.807, 2.05) is 0 Å². The van der Waals surface area contributed by atoms with Crippen molar-refractivity contribution in [3.05, 3.63) is 0 Å². The van der Waals surface area contributed by atoms with E-state index in [1.54, 1.807) is 0 Å². The molecule has 1 nitrogen and oxygen atoms in total. The van der Waals surface area contributed by atoms with Crippen molar-refractivity contribution < 1.29 is 4.57 Å². The number of rotatable bonds is 8. The molecule has 2 heteroatoms. The molecule has 0 saturated heterocycles. The number of hydrogen-bond donors (Lipinski definition) is 0. The lowest BCUT2D eigenvalue weighted by Crippen LogP contribution is -2.33. The van der Waals surface area contributed by atoms with Crippen LogP contribution in [0, 0.1) is 11.3 Å². The first kappa shape index (κ1) is 15.1. The summed E-state index contributed by atoms with van der Waals surface area (Å²) in [4.78, 5) is 0. The van der Waals surface area contributed by atoms with Crippen molar-refractivity contribution in [1.29, 1.82) is 0 Å². The van der Waals surface area contributed by atoms with Crippen molar-refractivity contribution in [3.63, 3.8) is 0 Å².